The van der Waals surface area contributed by atoms with E-state index in [0.29, 0.717) is 47.5 Å². The summed E-state index contributed by atoms with van der Waals surface area (Å²) in [7, 11) is 1.49. The zero-order valence-corrected chi connectivity index (χ0v) is 20.2. The number of carbonyl (C=O) groups is 2. The molecule has 0 radical (unpaired) electrons. The zero-order chi connectivity index (χ0) is 25.5. The van der Waals surface area contributed by atoms with E-state index in [2.05, 4.69) is 10.5 Å². The highest BCUT2D eigenvalue weighted by Crippen LogP contribution is 2.40. The van der Waals surface area contributed by atoms with Crippen LogP contribution < -0.4 is 29.1 Å². The summed E-state index contributed by atoms with van der Waals surface area (Å²) in [4.78, 5) is 24.7. The van der Waals surface area contributed by atoms with E-state index in [1.807, 2.05) is 32.0 Å². The summed E-state index contributed by atoms with van der Waals surface area (Å²) >= 11 is 0. The minimum absolute atomic E-state index is 0.152. The molecule has 9 heteroatoms. The van der Waals surface area contributed by atoms with Gasteiger partial charge < -0.3 is 23.7 Å². The standard InChI is InChI=1S/C27H26N2O7/c1-17-4-5-18(2)22(12-17)35-16-25(30)29-28-15-19-6-8-21(9-7-19)36-27(31)20-13-23(32-3)26-24(14-20)33-10-11-34-26/h4-9,12-15H,10-11,16H2,1-3H3,(H,29,30)/b28-15+. The molecule has 0 bridgehead atoms. The normalized spacial score (nSPS) is 12.2. The van der Waals surface area contributed by atoms with Crippen LogP contribution in [0.3, 0.4) is 0 Å². The Morgan fingerprint density at radius 3 is 2.56 bits per heavy atom. The van der Waals surface area contributed by atoms with E-state index in [9.17, 15) is 9.59 Å². The third-order valence-electron chi connectivity index (χ3n) is 5.26. The number of amides is 1. The number of nitrogens with one attached hydrogen (secondary N) is 1. The van der Waals surface area contributed by atoms with Crippen molar-refractivity contribution in [1.82, 2.24) is 5.43 Å². The number of hydrogen-bond donors (Lipinski definition) is 1. The largest absolute Gasteiger partial charge is 0.493 e. The summed E-state index contributed by atoms with van der Waals surface area (Å²) in [6.07, 6.45) is 1.48. The monoisotopic (exact) mass is 490 g/mol. The fourth-order valence-electron chi connectivity index (χ4n) is 3.40. The molecule has 9 nitrogen and oxygen atoms in total. The Labute approximate surface area is 208 Å². The highest BCUT2D eigenvalue weighted by atomic mass is 16.6. The number of esters is 1. The second-order valence-corrected chi connectivity index (χ2v) is 8.01. The average Bonchev–Trinajstić information content (AvgIpc) is 2.89. The summed E-state index contributed by atoms with van der Waals surface area (Å²) in [5.41, 5.74) is 5.40. The van der Waals surface area contributed by atoms with Crippen molar-refractivity contribution in [3.8, 4) is 28.7 Å². The van der Waals surface area contributed by atoms with Gasteiger partial charge in [0.05, 0.1) is 18.9 Å². The number of hydrogen-bond acceptors (Lipinski definition) is 8. The molecule has 0 spiro atoms. The number of methoxy groups -OCH3 is 1. The number of fused-ring (bicyclic) bond motifs is 1. The molecule has 0 saturated heterocycles. The van der Waals surface area contributed by atoms with E-state index < -0.39 is 5.97 Å². The van der Waals surface area contributed by atoms with Gasteiger partial charge in [0.1, 0.15) is 24.7 Å². The first-order valence-corrected chi connectivity index (χ1v) is 11.2. The van der Waals surface area contributed by atoms with Gasteiger partial charge in [-0.1, -0.05) is 12.1 Å². The maximum atomic E-state index is 12.6. The van der Waals surface area contributed by atoms with E-state index in [-0.39, 0.29) is 18.1 Å². The van der Waals surface area contributed by atoms with Crippen molar-refractivity contribution in [3.63, 3.8) is 0 Å². The molecule has 0 aromatic heterocycles. The van der Waals surface area contributed by atoms with Gasteiger partial charge in [-0.15, -0.1) is 0 Å². The second kappa shape index (κ2) is 11.3. The smallest absolute Gasteiger partial charge is 0.343 e. The van der Waals surface area contributed by atoms with Crippen LogP contribution >= 0.6 is 0 Å². The minimum Gasteiger partial charge on any atom is -0.493 e. The Hall–Kier alpha value is -4.53. The third kappa shape index (κ3) is 6.12. The van der Waals surface area contributed by atoms with Crippen molar-refractivity contribution in [3.05, 3.63) is 76.9 Å². The summed E-state index contributed by atoms with van der Waals surface area (Å²) in [6, 6.07) is 15.6. The van der Waals surface area contributed by atoms with Crippen LogP contribution in [-0.4, -0.2) is 45.0 Å². The first-order valence-electron chi connectivity index (χ1n) is 11.2. The number of rotatable bonds is 8. The quantitative estimate of drug-likeness (QED) is 0.221. The number of aryl methyl sites for hydroxylation is 2. The molecule has 186 valence electrons. The van der Waals surface area contributed by atoms with E-state index in [0.717, 1.165) is 11.1 Å². The third-order valence-corrected chi connectivity index (χ3v) is 5.26. The summed E-state index contributed by atoms with van der Waals surface area (Å²) in [5.74, 6) is 1.35. The van der Waals surface area contributed by atoms with Crippen molar-refractivity contribution in [1.29, 1.82) is 0 Å². The lowest BCUT2D eigenvalue weighted by molar-refractivity contribution is -0.123. The molecule has 3 aromatic rings. The first-order chi connectivity index (χ1) is 17.4. The molecule has 0 unspecified atom stereocenters. The Balaban J connectivity index is 1.30. The van der Waals surface area contributed by atoms with Gasteiger partial charge in [-0.3, -0.25) is 4.79 Å². The summed E-state index contributed by atoms with van der Waals surface area (Å²) in [5, 5.41) is 3.94. The molecule has 0 atom stereocenters. The van der Waals surface area contributed by atoms with Gasteiger partial charge in [-0.2, -0.15) is 5.10 Å². The highest BCUT2D eigenvalue weighted by Gasteiger charge is 2.21. The molecule has 1 amide bonds. The van der Waals surface area contributed by atoms with E-state index in [1.54, 1.807) is 36.4 Å². The highest BCUT2D eigenvalue weighted by molar-refractivity contribution is 5.93. The molecular weight excluding hydrogens is 464 g/mol. The fourth-order valence-corrected chi connectivity index (χ4v) is 3.40. The van der Waals surface area contributed by atoms with Crippen molar-refractivity contribution in [2.45, 2.75) is 13.8 Å². The van der Waals surface area contributed by atoms with Crippen LogP contribution in [0.4, 0.5) is 0 Å². The molecule has 1 N–H and O–H groups in total. The van der Waals surface area contributed by atoms with Crippen molar-refractivity contribution < 1.29 is 33.3 Å². The molecule has 0 aliphatic carbocycles. The van der Waals surface area contributed by atoms with Gasteiger partial charge in [0.25, 0.3) is 5.91 Å². The topological polar surface area (TPSA) is 105 Å². The van der Waals surface area contributed by atoms with Gasteiger partial charge in [0.15, 0.2) is 18.1 Å². The van der Waals surface area contributed by atoms with Crippen molar-refractivity contribution in [2.75, 3.05) is 26.9 Å². The molecule has 0 fully saturated rings. The Bertz CT molecular complexity index is 1270. The first kappa shape index (κ1) is 24.6. The number of hydrazone groups is 1. The van der Waals surface area contributed by atoms with Crippen molar-refractivity contribution in [2.24, 2.45) is 5.10 Å². The SMILES string of the molecule is COc1cc(C(=O)Oc2ccc(/C=N/NC(=O)COc3cc(C)ccc3C)cc2)cc2c1OCCO2. The predicted molar refractivity (Wildman–Crippen MR) is 133 cm³/mol. The molecule has 0 saturated carbocycles. The molecule has 1 aliphatic rings. The zero-order valence-electron chi connectivity index (χ0n) is 20.2. The maximum absolute atomic E-state index is 12.6. The summed E-state index contributed by atoms with van der Waals surface area (Å²) in [6.45, 7) is 4.52. The van der Waals surface area contributed by atoms with Gasteiger partial charge in [0, 0.05) is 0 Å². The van der Waals surface area contributed by atoms with Crippen LogP contribution in [0.15, 0.2) is 59.7 Å². The molecule has 36 heavy (non-hydrogen) atoms. The van der Waals surface area contributed by atoms with E-state index in [1.165, 1.54) is 13.3 Å². The van der Waals surface area contributed by atoms with Gasteiger partial charge in [-0.25, -0.2) is 10.2 Å². The number of benzene rings is 3. The van der Waals surface area contributed by atoms with E-state index >= 15 is 0 Å². The number of ether oxygens (including phenoxy) is 5. The van der Waals surface area contributed by atoms with Crippen molar-refractivity contribution >= 4 is 18.1 Å². The van der Waals surface area contributed by atoms with Crippen LogP contribution in [0.1, 0.15) is 27.0 Å². The summed E-state index contributed by atoms with van der Waals surface area (Å²) < 4.78 is 27.4. The minimum atomic E-state index is -0.567. The van der Waals surface area contributed by atoms with Crippen LogP contribution in [0.5, 0.6) is 28.7 Å². The van der Waals surface area contributed by atoms with Gasteiger partial charge in [0.2, 0.25) is 5.75 Å². The predicted octanol–water partition coefficient (Wildman–Crippen LogP) is 3.83. The van der Waals surface area contributed by atoms with Crippen LogP contribution in [0.25, 0.3) is 0 Å². The van der Waals surface area contributed by atoms with Crippen LogP contribution in [0.2, 0.25) is 0 Å². The molecule has 1 heterocycles. The Morgan fingerprint density at radius 2 is 1.78 bits per heavy atom. The van der Waals surface area contributed by atoms with Crippen LogP contribution in [-0.2, 0) is 4.79 Å². The molecule has 4 rings (SSSR count). The van der Waals surface area contributed by atoms with Crippen LogP contribution in [0, 0.1) is 13.8 Å². The lowest BCUT2D eigenvalue weighted by Gasteiger charge is -2.21. The Kier molecular flexibility index (Phi) is 7.69. The average molecular weight is 491 g/mol. The lowest BCUT2D eigenvalue weighted by Crippen LogP contribution is -2.24. The van der Waals surface area contributed by atoms with E-state index in [4.69, 9.17) is 23.7 Å². The Morgan fingerprint density at radius 1 is 1.00 bits per heavy atom. The molecule has 1 aliphatic heterocycles. The lowest BCUT2D eigenvalue weighted by atomic mass is 10.1. The fraction of sp³-hybridized carbons (Fsp3) is 0.222. The number of carbonyl (C=O) groups excluding carboxylic acids is 2. The van der Waals surface area contributed by atoms with Gasteiger partial charge in [-0.05, 0) is 73.0 Å². The molecule has 3 aromatic carbocycles. The maximum Gasteiger partial charge on any atom is 0.343 e. The molecular formula is C27H26N2O7. The number of nitrogens with zero attached hydrogens (tertiary/aromatic N) is 1. The second-order valence-electron chi connectivity index (χ2n) is 8.01. The van der Waals surface area contributed by atoms with Gasteiger partial charge >= 0.3 is 5.97 Å².